The number of fused-ring (bicyclic) bond motifs is 2. The van der Waals surface area contributed by atoms with E-state index in [1.807, 2.05) is 0 Å². The molecule has 2 N–H and O–H groups in total. The monoisotopic (exact) mass is 425 g/mol. The first kappa shape index (κ1) is 20.0. The summed E-state index contributed by atoms with van der Waals surface area (Å²) in [4.78, 5) is 43.4. The van der Waals surface area contributed by atoms with Gasteiger partial charge < -0.3 is 15.3 Å². The molecule has 2 saturated carbocycles. The number of likely N-dealkylation sites (tertiary alicyclic amines) is 1. The summed E-state index contributed by atoms with van der Waals surface area (Å²) in [5.74, 6) is 0.101. The van der Waals surface area contributed by atoms with Crippen LogP contribution in [0.4, 0.5) is 0 Å². The largest absolute Gasteiger partial charge is 0.476 e. The van der Waals surface area contributed by atoms with Crippen LogP contribution in [-0.2, 0) is 16.1 Å². The van der Waals surface area contributed by atoms with E-state index in [0.717, 1.165) is 12.8 Å². The molecule has 2 unspecified atom stereocenters. The number of nitrogens with zero attached hydrogens (tertiary/aromatic N) is 4. The molecule has 5 atom stereocenters. The number of carboxylic acids is 1. The lowest BCUT2D eigenvalue weighted by Gasteiger charge is -2.27. The van der Waals surface area contributed by atoms with Crippen LogP contribution in [0, 0.1) is 17.8 Å². The summed E-state index contributed by atoms with van der Waals surface area (Å²) in [6.07, 6.45) is 8.21. The zero-order valence-electron chi connectivity index (χ0n) is 17.5. The molecule has 3 heterocycles. The molecule has 0 bridgehead atoms. The van der Waals surface area contributed by atoms with E-state index < -0.39 is 12.0 Å². The highest BCUT2D eigenvalue weighted by atomic mass is 16.4. The van der Waals surface area contributed by atoms with Gasteiger partial charge in [0.05, 0.1) is 11.7 Å². The van der Waals surface area contributed by atoms with Crippen molar-refractivity contribution in [2.45, 2.75) is 57.7 Å². The standard InChI is InChI=1S/C22H27N5O4/c1-12-3-2-4-13(12)9-24-21(29)17-8-14-7-16(14)27(17)19(28)11-26-18-10-23-6-5-15(18)20(25-26)22(30)31/h5-6,10,12-14,16-17H,2-4,7-9,11H2,1H3,(H,24,29)(H,30,31)/t12?,13?,14-,16-,17+/m1/s1. The van der Waals surface area contributed by atoms with Crippen molar-refractivity contribution in [1.29, 1.82) is 0 Å². The average molecular weight is 425 g/mol. The van der Waals surface area contributed by atoms with Gasteiger partial charge in [0.1, 0.15) is 12.6 Å². The van der Waals surface area contributed by atoms with Gasteiger partial charge in [-0.25, -0.2) is 4.79 Å². The summed E-state index contributed by atoms with van der Waals surface area (Å²) in [6, 6.07) is 1.24. The minimum absolute atomic E-state index is 0.0714. The number of carboxylic acid groups (broad SMARTS) is 1. The molecule has 2 amide bonds. The van der Waals surface area contributed by atoms with Crippen LogP contribution in [0.2, 0.25) is 0 Å². The van der Waals surface area contributed by atoms with Gasteiger partial charge in [-0.15, -0.1) is 0 Å². The molecule has 0 radical (unpaired) electrons. The van der Waals surface area contributed by atoms with Crippen LogP contribution in [0.5, 0.6) is 0 Å². The topological polar surface area (TPSA) is 117 Å². The second kappa shape index (κ2) is 7.62. The first-order valence-electron chi connectivity index (χ1n) is 11.1. The summed E-state index contributed by atoms with van der Waals surface area (Å²) in [5, 5.41) is 17.1. The summed E-state index contributed by atoms with van der Waals surface area (Å²) >= 11 is 0. The lowest BCUT2D eigenvalue weighted by Crippen LogP contribution is -2.49. The van der Waals surface area contributed by atoms with Crippen molar-refractivity contribution in [1.82, 2.24) is 25.0 Å². The van der Waals surface area contributed by atoms with E-state index >= 15 is 0 Å². The molecule has 164 valence electrons. The van der Waals surface area contributed by atoms with Gasteiger partial charge in [-0.05, 0) is 43.1 Å². The molecule has 31 heavy (non-hydrogen) atoms. The Bertz CT molecular complexity index is 1050. The normalized spacial score (nSPS) is 29.2. The number of aromatic nitrogens is 3. The van der Waals surface area contributed by atoms with Gasteiger partial charge in [0, 0.05) is 24.2 Å². The number of piperidine rings is 1. The highest BCUT2D eigenvalue weighted by Gasteiger charge is 2.56. The van der Waals surface area contributed by atoms with E-state index in [9.17, 15) is 19.5 Å². The van der Waals surface area contributed by atoms with Crippen LogP contribution >= 0.6 is 0 Å². The van der Waals surface area contributed by atoms with Crippen molar-refractivity contribution < 1.29 is 19.5 Å². The minimum Gasteiger partial charge on any atom is -0.476 e. The first-order valence-corrected chi connectivity index (χ1v) is 11.1. The first-order chi connectivity index (χ1) is 14.9. The van der Waals surface area contributed by atoms with Gasteiger partial charge >= 0.3 is 5.97 Å². The molecule has 9 nitrogen and oxygen atoms in total. The van der Waals surface area contributed by atoms with Crippen LogP contribution in [0.15, 0.2) is 18.5 Å². The molecule has 2 aromatic rings. The highest BCUT2D eigenvalue weighted by molar-refractivity contribution is 6.01. The van der Waals surface area contributed by atoms with Gasteiger partial charge in [-0.3, -0.25) is 19.3 Å². The third-order valence-electron chi connectivity index (χ3n) is 7.31. The van der Waals surface area contributed by atoms with Crippen molar-refractivity contribution in [3.63, 3.8) is 0 Å². The predicted octanol–water partition coefficient (Wildman–Crippen LogP) is 1.67. The van der Waals surface area contributed by atoms with E-state index in [-0.39, 0.29) is 30.1 Å². The quantitative estimate of drug-likeness (QED) is 0.727. The third kappa shape index (κ3) is 3.55. The number of pyridine rings is 1. The van der Waals surface area contributed by atoms with Crippen molar-refractivity contribution in [2.24, 2.45) is 17.8 Å². The summed E-state index contributed by atoms with van der Waals surface area (Å²) in [5.41, 5.74) is 0.395. The molecule has 5 rings (SSSR count). The second-order valence-corrected chi connectivity index (χ2v) is 9.23. The Kier molecular flexibility index (Phi) is 4.91. The van der Waals surface area contributed by atoms with Crippen LogP contribution in [0.1, 0.15) is 49.5 Å². The Morgan fingerprint density at radius 1 is 1.26 bits per heavy atom. The van der Waals surface area contributed by atoms with Crippen molar-refractivity contribution >= 4 is 28.7 Å². The summed E-state index contributed by atoms with van der Waals surface area (Å²) in [7, 11) is 0. The SMILES string of the molecule is CC1CCCC1CNC(=O)[C@@H]1C[C@H]2C[C@H]2N1C(=O)Cn1nc(C(=O)O)c2ccncc21. The molecule has 1 aliphatic heterocycles. The summed E-state index contributed by atoms with van der Waals surface area (Å²) in [6.45, 7) is 2.80. The van der Waals surface area contributed by atoms with E-state index in [2.05, 4.69) is 22.3 Å². The van der Waals surface area contributed by atoms with Crippen molar-refractivity contribution in [3.05, 3.63) is 24.2 Å². The van der Waals surface area contributed by atoms with Crippen LogP contribution in [-0.4, -0.2) is 61.2 Å². The van der Waals surface area contributed by atoms with Crippen molar-refractivity contribution in [2.75, 3.05) is 6.54 Å². The smallest absolute Gasteiger partial charge is 0.357 e. The van der Waals surface area contributed by atoms with Crippen LogP contribution in [0.3, 0.4) is 0 Å². The fourth-order valence-electron chi connectivity index (χ4n) is 5.43. The van der Waals surface area contributed by atoms with E-state index in [1.165, 1.54) is 29.9 Å². The number of aromatic carboxylic acids is 1. The molecule has 1 saturated heterocycles. The third-order valence-corrected chi connectivity index (χ3v) is 7.31. The number of rotatable bonds is 6. The number of nitrogens with one attached hydrogen (secondary N) is 1. The molecule has 2 aromatic heterocycles. The second-order valence-electron chi connectivity index (χ2n) is 9.23. The maximum atomic E-state index is 13.2. The van der Waals surface area contributed by atoms with Gasteiger partial charge in [0.15, 0.2) is 5.69 Å². The van der Waals surface area contributed by atoms with Gasteiger partial charge in [0.2, 0.25) is 11.8 Å². The maximum absolute atomic E-state index is 13.2. The number of amides is 2. The number of hydrogen-bond donors (Lipinski definition) is 2. The lowest BCUT2D eigenvalue weighted by atomic mass is 9.98. The number of hydrogen-bond acceptors (Lipinski definition) is 5. The molecule has 9 heteroatoms. The number of carbonyl (C=O) groups excluding carboxylic acids is 2. The van der Waals surface area contributed by atoms with E-state index in [0.29, 0.717) is 41.6 Å². The van der Waals surface area contributed by atoms with Crippen molar-refractivity contribution in [3.8, 4) is 0 Å². The molecule has 0 aromatic carbocycles. The van der Waals surface area contributed by atoms with Crippen LogP contribution < -0.4 is 5.32 Å². The number of carbonyl (C=O) groups is 3. The molecule has 0 spiro atoms. The zero-order chi connectivity index (χ0) is 21.7. The molecule has 2 aliphatic carbocycles. The molecular formula is C22H27N5O4. The molecular weight excluding hydrogens is 398 g/mol. The maximum Gasteiger partial charge on any atom is 0.357 e. The fourth-order valence-corrected chi connectivity index (χ4v) is 5.43. The Balaban J connectivity index is 1.31. The Labute approximate surface area is 179 Å². The van der Waals surface area contributed by atoms with Gasteiger partial charge in [-0.1, -0.05) is 19.8 Å². The zero-order valence-corrected chi connectivity index (χ0v) is 17.5. The average Bonchev–Trinajstić information content (AvgIpc) is 3.08. The minimum atomic E-state index is -1.15. The predicted molar refractivity (Wildman–Crippen MR) is 111 cm³/mol. The fraction of sp³-hybridized carbons (Fsp3) is 0.591. The Hall–Kier alpha value is -2.97. The Morgan fingerprint density at radius 2 is 2.10 bits per heavy atom. The molecule has 3 aliphatic rings. The Morgan fingerprint density at radius 3 is 2.84 bits per heavy atom. The van der Waals surface area contributed by atoms with Gasteiger partial charge in [0.25, 0.3) is 0 Å². The molecule has 3 fully saturated rings. The summed E-state index contributed by atoms with van der Waals surface area (Å²) < 4.78 is 1.39. The van der Waals surface area contributed by atoms with E-state index in [1.54, 1.807) is 11.0 Å². The van der Waals surface area contributed by atoms with Gasteiger partial charge in [-0.2, -0.15) is 5.10 Å². The lowest BCUT2D eigenvalue weighted by molar-refractivity contribution is -0.140. The van der Waals surface area contributed by atoms with E-state index in [4.69, 9.17) is 0 Å². The van der Waals surface area contributed by atoms with Crippen LogP contribution in [0.25, 0.3) is 10.9 Å². The highest BCUT2D eigenvalue weighted by Crippen LogP contribution is 2.48.